The molecule has 1 aliphatic carbocycles. The first-order chi connectivity index (χ1) is 19.6. The molecule has 2 aliphatic rings. The van der Waals surface area contributed by atoms with Crippen LogP contribution in [0, 0.1) is 11.3 Å². The molecule has 1 saturated carbocycles. The van der Waals surface area contributed by atoms with Gasteiger partial charge in [0.1, 0.15) is 0 Å². The number of carbonyl (C=O) groups is 1. The molecule has 0 bridgehead atoms. The number of amides is 1. The molecule has 40 heavy (non-hydrogen) atoms. The third kappa shape index (κ3) is 7.39. The number of nitrogens with zero attached hydrogens (tertiary/aromatic N) is 1. The third-order valence-corrected chi connectivity index (χ3v) is 8.03. The predicted octanol–water partition coefficient (Wildman–Crippen LogP) is 6.37. The van der Waals surface area contributed by atoms with Crippen LogP contribution in [0.3, 0.4) is 0 Å². The van der Waals surface area contributed by atoms with Gasteiger partial charge in [0.25, 0.3) is 0 Å². The molecule has 5 nitrogen and oxygen atoms in total. The zero-order chi connectivity index (χ0) is 28.9. The summed E-state index contributed by atoms with van der Waals surface area (Å²) < 4.78 is 22.2. The van der Waals surface area contributed by atoms with E-state index in [-0.39, 0.29) is 28.8 Å². The Kier molecular flexibility index (Phi) is 8.62. The van der Waals surface area contributed by atoms with Crippen LogP contribution in [-0.2, 0) is 34.0 Å². The lowest BCUT2D eigenvalue weighted by Crippen LogP contribution is -2.60. The van der Waals surface area contributed by atoms with Gasteiger partial charge < -0.3 is 19.7 Å². The highest BCUT2D eigenvalue weighted by atomic mass is 16.5. The summed E-state index contributed by atoms with van der Waals surface area (Å²) in [6.07, 6.45) is 2.13. The number of piperidine rings is 1. The van der Waals surface area contributed by atoms with E-state index in [1.807, 2.05) is 80.3 Å². The van der Waals surface area contributed by atoms with Gasteiger partial charge in [-0.05, 0) is 62.6 Å². The Morgan fingerprint density at radius 2 is 1.32 bits per heavy atom. The normalized spacial score (nSPS) is 24.5. The molecule has 1 N–H and O–H groups in total. The number of hydrogen-bond acceptors (Lipinski definition) is 4. The highest BCUT2D eigenvalue weighted by Gasteiger charge is 2.53. The van der Waals surface area contributed by atoms with Crippen molar-refractivity contribution in [2.75, 3.05) is 13.2 Å². The topological polar surface area (TPSA) is 50.8 Å². The van der Waals surface area contributed by atoms with Gasteiger partial charge in [-0.25, -0.2) is 0 Å². The third-order valence-electron chi connectivity index (χ3n) is 8.03. The van der Waals surface area contributed by atoms with Crippen LogP contribution in [0.2, 0.25) is 0 Å². The lowest BCUT2D eigenvalue weighted by atomic mass is 9.84. The van der Waals surface area contributed by atoms with Gasteiger partial charge in [-0.15, -0.1) is 0 Å². The van der Waals surface area contributed by atoms with Gasteiger partial charge in [-0.1, -0.05) is 91.0 Å². The van der Waals surface area contributed by atoms with Crippen molar-refractivity contribution in [2.45, 2.75) is 77.4 Å². The summed E-state index contributed by atoms with van der Waals surface area (Å²) in [6.45, 7) is 8.75. The zero-order valence-electron chi connectivity index (χ0n) is 25.1. The molecule has 2 fully saturated rings. The van der Waals surface area contributed by atoms with E-state index < -0.39 is 6.02 Å². The lowest BCUT2D eigenvalue weighted by Gasteiger charge is -2.43. The Hall–Kier alpha value is -2.99. The standard InChI is InChI=1S/C35H44N2O3/c1-34(2,3)36-31-19-30-20-35(25-39-23-28-15-9-5-10-16-28,26-40-24-29-17-11-6-12-18-29)21-32(30)37(33(31)38)22-27-13-7-4-8-14-27/h4-18,30-32,36H,19-26H2,1-3H3/t30-,31?,32-/m1/s1/i31D. The van der Waals surface area contributed by atoms with Gasteiger partial charge in [0.05, 0.1) is 33.8 Å². The molecule has 5 rings (SSSR count). The first kappa shape index (κ1) is 27.2. The summed E-state index contributed by atoms with van der Waals surface area (Å²) in [7, 11) is 0. The number of benzene rings is 3. The van der Waals surface area contributed by atoms with Crippen molar-refractivity contribution >= 4 is 5.91 Å². The van der Waals surface area contributed by atoms with E-state index in [0.29, 0.717) is 39.4 Å². The van der Waals surface area contributed by atoms with Crippen LogP contribution in [0.5, 0.6) is 0 Å². The molecule has 1 unspecified atom stereocenters. The van der Waals surface area contributed by atoms with E-state index in [4.69, 9.17) is 9.47 Å². The maximum absolute atomic E-state index is 14.1. The summed E-state index contributed by atoms with van der Waals surface area (Å²) in [4.78, 5) is 16.1. The molecule has 1 saturated heterocycles. The summed E-state index contributed by atoms with van der Waals surface area (Å²) in [5.41, 5.74) is 2.75. The highest BCUT2D eigenvalue weighted by molar-refractivity contribution is 5.83. The maximum Gasteiger partial charge on any atom is 0.240 e. The predicted molar refractivity (Wildman–Crippen MR) is 159 cm³/mol. The van der Waals surface area contributed by atoms with Crippen LogP contribution in [-0.4, -0.2) is 41.6 Å². The van der Waals surface area contributed by atoms with Crippen molar-refractivity contribution in [1.82, 2.24) is 10.2 Å². The molecular weight excluding hydrogens is 496 g/mol. The number of ether oxygens (including phenoxy) is 2. The second-order valence-electron chi connectivity index (χ2n) is 12.7. The Bertz CT molecular complexity index is 1220. The molecular formula is C35H44N2O3. The molecule has 3 aromatic rings. The average Bonchev–Trinajstić information content (AvgIpc) is 3.29. The maximum atomic E-state index is 14.1. The molecule has 0 aromatic heterocycles. The van der Waals surface area contributed by atoms with Crippen LogP contribution in [0.15, 0.2) is 91.0 Å². The smallest absolute Gasteiger partial charge is 0.240 e. The number of fused-ring (bicyclic) bond motifs is 1. The number of rotatable bonds is 11. The summed E-state index contributed by atoms with van der Waals surface area (Å²) in [5, 5.41) is 3.38. The van der Waals surface area contributed by atoms with E-state index in [2.05, 4.69) is 41.7 Å². The minimum absolute atomic E-state index is 0.0311. The van der Waals surface area contributed by atoms with Gasteiger partial charge in [-0.2, -0.15) is 0 Å². The van der Waals surface area contributed by atoms with Crippen molar-refractivity contribution in [3.8, 4) is 0 Å². The highest BCUT2D eigenvalue weighted by Crippen LogP contribution is 2.49. The SMILES string of the molecule is [2H]C1(NC(C)(C)C)C[C@@H]2CC(COCc3ccccc3)(COCc3ccccc3)C[C@H]2N(Cc2ccccc2)C1=O. The van der Waals surface area contributed by atoms with Crippen LogP contribution in [0.4, 0.5) is 0 Å². The number of likely N-dealkylation sites (tertiary alicyclic amines) is 1. The largest absolute Gasteiger partial charge is 0.376 e. The second kappa shape index (κ2) is 12.7. The van der Waals surface area contributed by atoms with Crippen LogP contribution in [0.25, 0.3) is 0 Å². The molecule has 0 radical (unpaired) electrons. The average molecular weight is 542 g/mol. The summed E-state index contributed by atoms with van der Waals surface area (Å²) >= 11 is 0. The molecule has 1 heterocycles. The van der Waals surface area contributed by atoms with Gasteiger partial charge in [-0.3, -0.25) is 4.79 Å². The van der Waals surface area contributed by atoms with Crippen molar-refractivity contribution in [3.05, 3.63) is 108 Å². The molecule has 5 heteroatoms. The molecule has 1 aliphatic heterocycles. The van der Waals surface area contributed by atoms with Crippen LogP contribution in [0.1, 0.15) is 58.1 Å². The van der Waals surface area contributed by atoms with E-state index in [1.165, 1.54) is 0 Å². The zero-order valence-corrected chi connectivity index (χ0v) is 24.1. The Labute approximate surface area is 241 Å². The van der Waals surface area contributed by atoms with E-state index in [1.54, 1.807) is 0 Å². The Morgan fingerprint density at radius 3 is 1.82 bits per heavy atom. The van der Waals surface area contributed by atoms with Gasteiger partial charge in [0.2, 0.25) is 5.91 Å². The van der Waals surface area contributed by atoms with E-state index in [9.17, 15) is 6.17 Å². The van der Waals surface area contributed by atoms with Gasteiger partial charge in [0.15, 0.2) is 0 Å². The lowest BCUT2D eigenvalue weighted by molar-refractivity contribution is -0.142. The number of hydrogen-bond donors (Lipinski definition) is 1. The quantitative estimate of drug-likeness (QED) is 0.306. The summed E-state index contributed by atoms with van der Waals surface area (Å²) in [5.74, 6) is 0.0353. The van der Waals surface area contributed by atoms with Crippen molar-refractivity contribution in [2.24, 2.45) is 11.3 Å². The first-order valence-electron chi connectivity index (χ1n) is 15.0. The van der Waals surface area contributed by atoms with E-state index >= 15 is 0 Å². The minimum Gasteiger partial charge on any atom is -0.376 e. The fraction of sp³-hybridized carbons (Fsp3) is 0.457. The minimum atomic E-state index is -1.37. The Morgan fingerprint density at radius 1 is 0.825 bits per heavy atom. The molecule has 3 atom stereocenters. The van der Waals surface area contributed by atoms with Gasteiger partial charge >= 0.3 is 0 Å². The molecule has 3 aromatic carbocycles. The molecule has 0 spiro atoms. The second-order valence-corrected chi connectivity index (χ2v) is 12.7. The van der Waals surface area contributed by atoms with Crippen molar-refractivity contribution in [3.63, 3.8) is 0 Å². The fourth-order valence-corrected chi connectivity index (χ4v) is 6.36. The van der Waals surface area contributed by atoms with Crippen LogP contribution >= 0.6 is 0 Å². The van der Waals surface area contributed by atoms with Gasteiger partial charge in [0, 0.05) is 23.5 Å². The van der Waals surface area contributed by atoms with E-state index in [0.717, 1.165) is 29.5 Å². The Balaban J connectivity index is 1.40. The molecule has 212 valence electrons. The fourth-order valence-electron chi connectivity index (χ4n) is 6.36. The first-order valence-corrected chi connectivity index (χ1v) is 14.5. The van der Waals surface area contributed by atoms with Crippen molar-refractivity contribution < 1.29 is 15.6 Å². The van der Waals surface area contributed by atoms with Crippen LogP contribution < -0.4 is 5.32 Å². The number of carbonyl (C=O) groups excluding carboxylic acids is 1. The molecule has 1 amide bonds. The monoisotopic (exact) mass is 541 g/mol. The number of nitrogens with one attached hydrogen (secondary N) is 1. The van der Waals surface area contributed by atoms with Crippen molar-refractivity contribution in [1.29, 1.82) is 0 Å². The summed E-state index contributed by atoms with van der Waals surface area (Å²) in [6, 6.07) is 29.3.